The van der Waals surface area contributed by atoms with Crippen molar-refractivity contribution in [2.75, 3.05) is 13.7 Å². The second kappa shape index (κ2) is 7.05. The van der Waals surface area contributed by atoms with Crippen molar-refractivity contribution in [2.45, 2.75) is 31.7 Å². The number of aromatic nitrogens is 1. The normalized spacial score (nSPS) is 13.6. The fraction of sp³-hybridized carbons (Fsp3) is 0.412. The number of hydrogen-bond donors (Lipinski definition) is 1. The number of nitrogens with one attached hydrogen (secondary N) is 1. The Balaban J connectivity index is 1.79. The van der Waals surface area contributed by atoms with E-state index in [4.69, 9.17) is 10.00 Å². The third-order valence-electron chi connectivity index (χ3n) is 3.72. The molecule has 110 valence electrons. The summed E-state index contributed by atoms with van der Waals surface area (Å²) in [5.41, 5.74) is 0.509. The van der Waals surface area contributed by atoms with Crippen LogP contribution in [-0.4, -0.2) is 24.2 Å². The van der Waals surface area contributed by atoms with Crippen molar-refractivity contribution in [3.05, 3.63) is 36.5 Å². The van der Waals surface area contributed by atoms with Crippen molar-refractivity contribution in [2.24, 2.45) is 0 Å². The van der Waals surface area contributed by atoms with E-state index in [-0.39, 0.29) is 0 Å². The molecule has 4 nitrogen and oxygen atoms in total. The summed E-state index contributed by atoms with van der Waals surface area (Å²) >= 11 is 0. The summed E-state index contributed by atoms with van der Waals surface area (Å²) in [5, 5.41) is 13.2. The Kier molecular flexibility index (Phi) is 5.13. The standard InChI is InChI=1S/C17H21N3O/c1-17(13-18,19-2)9-3-4-11-21-15-8-7-14-6-5-10-20-16(14)12-15/h5-8,10,12,19H,3-4,9,11H2,1-2H3. The molecule has 1 N–H and O–H groups in total. The molecule has 1 aromatic heterocycles. The molecule has 4 heteroatoms. The van der Waals surface area contributed by atoms with E-state index in [9.17, 15) is 0 Å². The van der Waals surface area contributed by atoms with Crippen molar-refractivity contribution in [3.8, 4) is 11.8 Å². The van der Waals surface area contributed by atoms with E-state index in [1.807, 2.05) is 44.3 Å². The lowest BCUT2D eigenvalue weighted by atomic mass is 9.97. The fourth-order valence-electron chi connectivity index (χ4n) is 2.14. The molecule has 0 amide bonds. The molecule has 1 atom stereocenters. The SMILES string of the molecule is CNC(C)(C#N)CCCCOc1ccc2cccnc2c1. The zero-order valence-electron chi connectivity index (χ0n) is 12.6. The molecule has 1 heterocycles. The highest BCUT2D eigenvalue weighted by Gasteiger charge is 2.19. The van der Waals surface area contributed by atoms with Crippen LogP contribution >= 0.6 is 0 Å². The molecule has 2 aromatic rings. The number of rotatable bonds is 7. The summed E-state index contributed by atoms with van der Waals surface area (Å²) in [6.07, 6.45) is 4.49. The summed E-state index contributed by atoms with van der Waals surface area (Å²) in [4.78, 5) is 4.32. The highest BCUT2D eigenvalue weighted by atomic mass is 16.5. The highest BCUT2D eigenvalue weighted by Crippen LogP contribution is 2.19. The van der Waals surface area contributed by atoms with Crippen molar-refractivity contribution >= 4 is 10.9 Å². The Morgan fingerprint density at radius 2 is 2.19 bits per heavy atom. The maximum Gasteiger partial charge on any atom is 0.121 e. The zero-order chi connectivity index (χ0) is 15.1. The monoisotopic (exact) mass is 283 g/mol. The van der Waals surface area contributed by atoms with Crippen molar-refractivity contribution < 1.29 is 4.74 Å². The molecule has 0 aliphatic heterocycles. The summed E-state index contributed by atoms with van der Waals surface area (Å²) in [6, 6.07) is 12.2. The predicted molar refractivity (Wildman–Crippen MR) is 84.2 cm³/mol. The second-order valence-corrected chi connectivity index (χ2v) is 5.36. The van der Waals surface area contributed by atoms with Gasteiger partial charge >= 0.3 is 0 Å². The van der Waals surface area contributed by atoms with Gasteiger partial charge in [-0.25, -0.2) is 0 Å². The Hall–Kier alpha value is -2.12. The molecule has 0 bridgehead atoms. The third-order valence-corrected chi connectivity index (χ3v) is 3.72. The molecule has 2 rings (SSSR count). The van der Waals surface area contributed by atoms with Crippen LogP contribution in [0.4, 0.5) is 0 Å². The van der Waals surface area contributed by atoms with E-state index < -0.39 is 5.54 Å². The second-order valence-electron chi connectivity index (χ2n) is 5.36. The molecule has 0 fully saturated rings. The number of nitrogens with zero attached hydrogens (tertiary/aromatic N) is 2. The lowest BCUT2D eigenvalue weighted by Gasteiger charge is -2.20. The molecule has 0 spiro atoms. The van der Waals surface area contributed by atoms with Crippen molar-refractivity contribution in [1.82, 2.24) is 10.3 Å². The molecule has 0 radical (unpaired) electrons. The topological polar surface area (TPSA) is 57.9 Å². The van der Waals surface area contributed by atoms with E-state index >= 15 is 0 Å². The molecule has 0 saturated carbocycles. The first-order valence-electron chi connectivity index (χ1n) is 7.25. The van der Waals surface area contributed by atoms with E-state index in [1.165, 1.54) is 0 Å². The van der Waals surface area contributed by atoms with Gasteiger partial charge < -0.3 is 10.1 Å². The molecule has 21 heavy (non-hydrogen) atoms. The van der Waals surface area contributed by atoms with Crippen LogP contribution in [0.1, 0.15) is 26.2 Å². The van der Waals surface area contributed by atoms with Crippen LogP contribution in [-0.2, 0) is 0 Å². The van der Waals surface area contributed by atoms with Gasteiger partial charge in [-0.05, 0) is 51.4 Å². The minimum atomic E-state index is -0.438. The quantitative estimate of drug-likeness (QED) is 0.792. The van der Waals surface area contributed by atoms with Crippen molar-refractivity contribution in [1.29, 1.82) is 5.26 Å². The number of benzene rings is 1. The van der Waals surface area contributed by atoms with Gasteiger partial charge in [0.25, 0.3) is 0 Å². The maximum atomic E-state index is 9.07. The number of fused-ring (bicyclic) bond motifs is 1. The first-order valence-corrected chi connectivity index (χ1v) is 7.25. The lowest BCUT2D eigenvalue weighted by molar-refractivity contribution is 0.297. The fourth-order valence-corrected chi connectivity index (χ4v) is 2.14. The molecule has 1 aromatic carbocycles. The predicted octanol–water partition coefficient (Wildman–Crippen LogP) is 3.29. The van der Waals surface area contributed by atoms with E-state index in [0.717, 1.165) is 35.9 Å². The average molecular weight is 283 g/mol. The number of nitriles is 1. The lowest BCUT2D eigenvalue weighted by Crippen LogP contribution is -2.37. The van der Waals surface area contributed by atoms with Crippen LogP contribution in [0.15, 0.2) is 36.5 Å². The summed E-state index contributed by atoms with van der Waals surface area (Å²) < 4.78 is 5.75. The van der Waals surface area contributed by atoms with Gasteiger partial charge in [0.1, 0.15) is 11.3 Å². The Morgan fingerprint density at radius 1 is 1.33 bits per heavy atom. The Labute approximate surface area is 125 Å². The third kappa shape index (κ3) is 4.17. The van der Waals surface area contributed by atoms with Crippen molar-refractivity contribution in [3.63, 3.8) is 0 Å². The smallest absolute Gasteiger partial charge is 0.121 e. The molecule has 0 saturated heterocycles. The van der Waals surface area contributed by atoms with Gasteiger partial charge in [0, 0.05) is 17.6 Å². The van der Waals surface area contributed by atoms with Crippen LogP contribution < -0.4 is 10.1 Å². The zero-order valence-corrected chi connectivity index (χ0v) is 12.6. The van der Waals surface area contributed by atoms with Crippen LogP contribution in [0.3, 0.4) is 0 Å². The Bertz CT molecular complexity index is 635. The highest BCUT2D eigenvalue weighted by molar-refractivity contribution is 5.79. The summed E-state index contributed by atoms with van der Waals surface area (Å²) in [7, 11) is 1.82. The number of ether oxygens (including phenoxy) is 1. The first kappa shape index (κ1) is 15.3. The number of pyridine rings is 1. The van der Waals surface area contributed by atoms with E-state index in [2.05, 4.69) is 16.4 Å². The van der Waals surface area contributed by atoms with Crippen LogP contribution in [0.25, 0.3) is 10.9 Å². The summed E-state index contributed by atoms with van der Waals surface area (Å²) in [6.45, 7) is 2.58. The van der Waals surface area contributed by atoms with Gasteiger partial charge in [0.05, 0.1) is 18.2 Å². The van der Waals surface area contributed by atoms with E-state index in [0.29, 0.717) is 6.61 Å². The molecule has 1 unspecified atom stereocenters. The molecule has 0 aliphatic carbocycles. The Morgan fingerprint density at radius 3 is 2.95 bits per heavy atom. The number of hydrogen-bond acceptors (Lipinski definition) is 4. The molecular weight excluding hydrogens is 262 g/mol. The summed E-state index contributed by atoms with van der Waals surface area (Å²) in [5.74, 6) is 0.845. The van der Waals surface area contributed by atoms with Gasteiger partial charge in [0.15, 0.2) is 0 Å². The molecule has 0 aliphatic rings. The van der Waals surface area contributed by atoms with Gasteiger partial charge in [-0.3, -0.25) is 4.98 Å². The maximum absolute atomic E-state index is 9.07. The molecular formula is C17H21N3O. The largest absolute Gasteiger partial charge is 0.494 e. The average Bonchev–Trinajstić information content (AvgIpc) is 2.54. The number of unbranched alkanes of at least 4 members (excludes halogenated alkanes) is 1. The van der Waals surface area contributed by atoms with Crippen LogP contribution in [0, 0.1) is 11.3 Å². The first-order chi connectivity index (χ1) is 10.2. The van der Waals surface area contributed by atoms with Gasteiger partial charge in [-0.15, -0.1) is 0 Å². The minimum Gasteiger partial charge on any atom is -0.494 e. The van der Waals surface area contributed by atoms with Crippen LogP contribution in [0.5, 0.6) is 5.75 Å². The minimum absolute atomic E-state index is 0.438. The van der Waals surface area contributed by atoms with Crippen LogP contribution in [0.2, 0.25) is 0 Å². The van der Waals surface area contributed by atoms with E-state index in [1.54, 1.807) is 6.20 Å². The van der Waals surface area contributed by atoms with Gasteiger partial charge in [-0.1, -0.05) is 6.07 Å². The van der Waals surface area contributed by atoms with Gasteiger partial charge in [-0.2, -0.15) is 5.26 Å². The van der Waals surface area contributed by atoms with Gasteiger partial charge in [0.2, 0.25) is 0 Å².